The third-order valence-electron chi connectivity index (χ3n) is 10.2. The smallest absolute Gasteiger partial charge is 0.0850 e. The molecule has 2 N–H and O–H groups in total. The zero-order chi connectivity index (χ0) is 22.6. The molecule has 0 unspecified atom stereocenters. The van der Waals surface area contributed by atoms with Crippen molar-refractivity contribution in [3.05, 3.63) is 23.8 Å². The monoisotopic (exact) mass is 430 g/mol. The fourth-order valence-corrected chi connectivity index (χ4v) is 8.08. The Morgan fingerprint density at radius 1 is 1.23 bits per heavy atom. The molecule has 8 atom stereocenters. The SMILES string of the molecule is C=C1CC[C@@H]2C[C@]12[C@H](/C=C1\CCC[C@]2(C)[C@@H]([C@H](C)CC[C@@H](O)C(C)(C)O)CC[C@@H]12)OC. The van der Waals surface area contributed by atoms with Crippen molar-refractivity contribution in [2.75, 3.05) is 7.11 Å². The molecule has 4 rings (SSSR count). The molecule has 31 heavy (non-hydrogen) atoms. The number of allylic oxidation sites excluding steroid dienone is 1. The van der Waals surface area contributed by atoms with Crippen LogP contribution in [0.3, 0.4) is 0 Å². The van der Waals surface area contributed by atoms with Gasteiger partial charge in [0, 0.05) is 12.5 Å². The van der Waals surface area contributed by atoms with E-state index < -0.39 is 11.7 Å². The van der Waals surface area contributed by atoms with E-state index in [-0.39, 0.29) is 11.5 Å². The predicted molar refractivity (Wildman–Crippen MR) is 127 cm³/mol. The predicted octanol–water partition coefficient (Wildman–Crippen LogP) is 6.05. The van der Waals surface area contributed by atoms with Crippen LogP contribution in [0.25, 0.3) is 0 Å². The molecule has 0 spiro atoms. The summed E-state index contributed by atoms with van der Waals surface area (Å²) in [7, 11) is 1.90. The first-order valence-corrected chi connectivity index (χ1v) is 12.9. The average molecular weight is 431 g/mol. The summed E-state index contributed by atoms with van der Waals surface area (Å²) >= 11 is 0. The first-order chi connectivity index (χ1) is 14.5. The summed E-state index contributed by atoms with van der Waals surface area (Å²) in [5.41, 5.74) is 2.68. The minimum atomic E-state index is -1.01. The zero-order valence-corrected chi connectivity index (χ0v) is 20.6. The molecule has 0 aromatic carbocycles. The summed E-state index contributed by atoms with van der Waals surface area (Å²) < 4.78 is 6.12. The molecule has 0 saturated heterocycles. The van der Waals surface area contributed by atoms with Gasteiger partial charge in [-0.25, -0.2) is 0 Å². The van der Waals surface area contributed by atoms with Crippen molar-refractivity contribution in [3.63, 3.8) is 0 Å². The largest absolute Gasteiger partial charge is 0.390 e. The number of hydrogen-bond acceptors (Lipinski definition) is 3. The van der Waals surface area contributed by atoms with Gasteiger partial charge in [0.25, 0.3) is 0 Å². The molecule has 4 fully saturated rings. The Labute approximate surface area is 190 Å². The molecule has 0 aromatic heterocycles. The van der Waals surface area contributed by atoms with Gasteiger partial charge in [0.2, 0.25) is 0 Å². The lowest BCUT2D eigenvalue weighted by atomic mass is 9.60. The zero-order valence-electron chi connectivity index (χ0n) is 20.6. The van der Waals surface area contributed by atoms with Crippen LogP contribution in [-0.4, -0.2) is 35.1 Å². The molecule has 176 valence electrons. The van der Waals surface area contributed by atoms with Gasteiger partial charge in [0.1, 0.15) is 0 Å². The van der Waals surface area contributed by atoms with E-state index in [1.165, 1.54) is 56.9 Å². The maximum absolute atomic E-state index is 10.3. The van der Waals surface area contributed by atoms with Crippen molar-refractivity contribution < 1.29 is 14.9 Å². The summed E-state index contributed by atoms with van der Waals surface area (Å²) in [6.07, 6.45) is 14.0. The highest BCUT2D eigenvalue weighted by Gasteiger charge is 2.63. The number of hydrogen-bond donors (Lipinski definition) is 2. The van der Waals surface area contributed by atoms with Crippen LogP contribution in [0.4, 0.5) is 0 Å². The third kappa shape index (κ3) is 3.97. The van der Waals surface area contributed by atoms with Gasteiger partial charge < -0.3 is 14.9 Å². The van der Waals surface area contributed by atoms with E-state index in [0.29, 0.717) is 29.6 Å². The van der Waals surface area contributed by atoms with E-state index in [1.54, 1.807) is 19.4 Å². The second-order valence-corrected chi connectivity index (χ2v) is 12.3. The Hall–Kier alpha value is -0.640. The van der Waals surface area contributed by atoms with E-state index >= 15 is 0 Å². The van der Waals surface area contributed by atoms with Gasteiger partial charge in [-0.15, -0.1) is 0 Å². The van der Waals surface area contributed by atoms with Gasteiger partial charge in [-0.3, -0.25) is 0 Å². The molecule has 4 aliphatic carbocycles. The van der Waals surface area contributed by atoms with Gasteiger partial charge >= 0.3 is 0 Å². The second kappa shape index (κ2) is 8.29. The lowest BCUT2D eigenvalue weighted by Gasteiger charge is -2.45. The molecular weight excluding hydrogens is 384 g/mol. The molecule has 0 bridgehead atoms. The number of aliphatic hydroxyl groups excluding tert-OH is 1. The quantitative estimate of drug-likeness (QED) is 0.461. The summed E-state index contributed by atoms with van der Waals surface area (Å²) in [5, 5.41) is 20.4. The second-order valence-electron chi connectivity index (χ2n) is 12.3. The Morgan fingerprint density at radius 3 is 2.55 bits per heavy atom. The van der Waals surface area contributed by atoms with Crippen molar-refractivity contribution in [2.45, 2.75) is 110 Å². The molecule has 0 aromatic rings. The first-order valence-electron chi connectivity index (χ1n) is 12.9. The van der Waals surface area contributed by atoms with Gasteiger partial charge in [-0.05, 0) is 107 Å². The van der Waals surface area contributed by atoms with Crippen LogP contribution in [0.1, 0.15) is 91.9 Å². The minimum Gasteiger partial charge on any atom is -0.390 e. The van der Waals surface area contributed by atoms with E-state index in [0.717, 1.165) is 12.3 Å². The topological polar surface area (TPSA) is 49.7 Å². The summed E-state index contributed by atoms with van der Waals surface area (Å²) in [6.45, 7) is 12.8. The molecule has 4 saturated carbocycles. The van der Waals surface area contributed by atoms with E-state index in [2.05, 4.69) is 26.5 Å². The van der Waals surface area contributed by atoms with Gasteiger partial charge in [0.15, 0.2) is 0 Å². The van der Waals surface area contributed by atoms with E-state index in [9.17, 15) is 10.2 Å². The third-order valence-corrected chi connectivity index (χ3v) is 10.2. The number of fused-ring (bicyclic) bond motifs is 2. The fourth-order valence-electron chi connectivity index (χ4n) is 8.08. The van der Waals surface area contributed by atoms with Crippen molar-refractivity contribution >= 4 is 0 Å². The minimum absolute atomic E-state index is 0.211. The Morgan fingerprint density at radius 2 is 1.97 bits per heavy atom. The Balaban J connectivity index is 1.47. The molecule has 0 radical (unpaired) electrons. The lowest BCUT2D eigenvalue weighted by Crippen LogP contribution is -2.38. The molecule has 0 heterocycles. The maximum Gasteiger partial charge on any atom is 0.0850 e. The summed E-state index contributed by atoms with van der Waals surface area (Å²) in [4.78, 5) is 0. The van der Waals surface area contributed by atoms with Crippen LogP contribution in [0, 0.1) is 34.5 Å². The summed E-state index contributed by atoms with van der Waals surface area (Å²) in [6, 6.07) is 0. The van der Waals surface area contributed by atoms with E-state index in [4.69, 9.17) is 4.74 Å². The number of aliphatic hydroxyl groups is 2. The van der Waals surface area contributed by atoms with Crippen molar-refractivity contribution in [3.8, 4) is 0 Å². The molecule has 0 amide bonds. The number of rotatable bonds is 8. The van der Waals surface area contributed by atoms with Crippen molar-refractivity contribution in [2.24, 2.45) is 34.5 Å². The van der Waals surface area contributed by atoms with Crippen LogP contribution in [0.2, 0.25) is 0 Å². The van der Waals surface area contributed by atoms with Gasteiger partial charge in [-0.2, -0.15) is 0 Å². The lowest BCUT2D eigenvalue weighted by molar-refractivity contribution is -0.0554. The van der Waals surface area contributed by atoms with E-state index in [1.807, 2.05) is 7.11 Å². The standard InChI is InChI=1S/C28H46O3/c1-18(9-14-24(29)26(3,4)30)22-12-13-23-20(8-7-15-27(22,23)5)16-25(31-6)28-17-21(28)11-10-19(28)2/h16,18,21-25,29-30H,2,7-15,17H2,1,3-6H3/b20-16+/t18-,21-,22-,23+,24-,25+,27-,28+/m1/s1. The highest BCUT2D eigenvalue weighted by Crippen LogP contribution is 2.69. The molecule has 0 aliphatic heterocycles. The highest BCUT2D eigenvalue weighted by atomic mass is 16.5. The van der Waals surface area contributed by atoms with Crippen LogP contribution < -0.4 is 0 Å². The normalized spacial score (nSPS) is 41.7. The summed E-state index contributed by atoms with van der Waals surface area (Å²) in [5.74, 6) is 2.75. The molecule has 3 nitrogen and oxygen atoms in total. The average Bonchev–Trinajstić information content (AvgIpc) is 3.21. The van der Waals surface area contributed by atoms with Crippen molar-refractivity contribution in [1.29, 1.82) is 0 Å². The fraction of sp³-hybridized carbons (Fsp3) is 0.857. The molecule has 3 heteroatoms. The maximum atomic E-state index is 10.3. The van der Waals surface area contributed by atoms with Crippen LogP contribution in [0.5, 0.6) is 0 Å². The molecular formula is C28H46O3. The Bertz CT molecular complexity index is 718. The Kier molecular flexibility index (Phi) is 6.29. The van der Waals surface area contributed by atoms with Crippen molar-refractivity contribution in [1.82, 2.24) is 0 Å². The van der Waals surface area contributed by atoms with Crippen LogP contribution >= 0.6 is 0 Å². The van der Waals surface area contributed by atoms with Gasteiger partial charge in [-0.1, -0.05) is 37.6 Å². The van der Waals surface area contributed by atoms with Crippen LogP contribution in [0.15, 0.2) is 23.8 Å². The highest BCUT2D eigenvalue weighted by molar-refractivity contribution is 5.35. The van der Waals surface area contributed by atoms with Gasteiger partial charge in [0.05, 0.1) is 17.8 Å². The van der Waals surface area contributed by atoms with Crippen LogP contribution in [-0.2, 0) is 4.74 Å². The number of ether oxygens (including phenoxy) is 1. The first kappa shape index (κ1) is 23.5. The molecule has 4 aliphatic rings. The number of methoxy groups -OCH3 is 1.